The Bertz CT molecular complexity index is 967. The predicted molar refractivity (Wildman–Crippen MR) is 104 cm³/mol. The number of carbonyl (C=O) groups excluding carboxylic acids is 2. The van der Waals surface area contributed by atoms with Crippen molar-refractivity contribution in [1.82, 2.24) is 4.98 Å². The first-order valence-electron chi connectivity index (χ1n) is 7.84. The SMILES string of the molecule is Cc1ccc(NC(=O)c2cnc(NC(=O)c3ccc(Cl)cc3)[se]2)c(C)c1. The van der Waals surface area contributed by atoms with Crippen molar-refractivity contribution in [2.24, 2.45) is 0 Å². The number of benzene rings is 2. The first kappa shape index (κ1) is 18.4. The number of anilines is 2. The summed E-state index contributed by atoms with van der Waals surface area (Å²) in [7, 11) is 0. The molecule has 1 aromatic heterocycles. The summed E-state index contributed by atoms with van der Waals surface area (Å²) >= 11 is 5.47. The van der Waals surface area contributed by atoms with E-state index in [-0.39, 0.29) is 26.3 Å². The standard InChI is InChI=1S/C19H16ClN3O2Se/c1-11-3-8-15(12(2)9-11)22-18(25)16-10-21-19(26-16)23-17(24)13-4-6-14(20)7-5-13/h3-10H,1-2H3,(H,22,25)(H,21,23,24). The molecular weight excluding hydrogens is 417 g/mol. The van der Waals surface area contributed by atoms with Crippen LogP contribution in [0.4, 0.5) is 10.4 Å². The van der Waals surface area contributed by atoms with Crippen LogP contribution in [0.25, 0.3) is 0 Å². The quantitative estimate of drug-likeness (QED) is 0.614. The second-order valence-corrected chi connectivity index (χ2v) is 8.36. The van der Waals surface area contributed by atoms with Gasteiger partial charge in [-0.3, -0.25) is 0 Å². The Hall–Kier alpha value is -2.40. The third-order valence-electron chi connectivity index (χ3n) is 3.69. The number of aromatic nitrogens is 1. The van der Waals surface area contributed by atoms with E-state index in [0.29, 0.717) is 19.7 Å². The normalized spacial score (nSPS) is 10.4. The Morgan fingerprint density at radius 3 is 2.42 bits per heavy atom. The fraction of sp³-hybridized carbons (Fsp3) is 0.105. The molecule has 1 heterocycles. The zero-order valence-electron chi connectivity index (χ0n) is 14.2. The molecule has 0 atom stereocenters. The minimum absolute atomic E-state index is 0.198. The van der Waals surface area contributed by atoms with Gasteiger partial charge >= 0.3 is 162 Å². The summed E-state index contributed by atoms with van der Waals surface area (Å²) in [6.07, 6.45) is 1.51. The van der Waals surface area contributed by atoms with E-state index in [9.17, 15) is 9.59 Å². The first-order valence-corrected chi connectivity index (χ1v) is 9.93. The average Bonchev–Trinajstić information content (AvgIpc) is 3.06. The zero-order chi connectivity index (χ0) is 18.7. The Kier molecular flexibility index (Phi) is 5.57. The van der Waals surface area contributed by atoms with Gasteiger partial charge in [0.1, 0.15) is 0 Å². The van der Waals surface area contributed by atoms with E-state index in [4.69, 9.17) is 11.6 Å². The molecular formula is C19H16ClN3O2Se. The maximum absolute atomic E-state index is 12.4. The van der Waals surface area contributed by atoms with Crippen molar-refractivity contribution >= 4 is 48.3 Å². The summed E-state index contributed by atoms with van der Waals surface area (Å²) in [5.41, 5.74) is 3.40. The Morgan fingerprint density at radius 1 is 1.00 bits per heavy atom. The predicted octanol–water partition coefficient (Wildman–Crippen LogP) is 3.91. The van der Waals surface area contributed by atoms with Gasteiger partial charge in [-0.15, -0.1) is 0 Å². The molecule has 0 aliphatic rings. The molecule has 132 valence electrons. The van der Waals surface area contributed by atoms with Crippen molar-refractivity contribution in [2.45, 2.75) is 13.8 Å². The van der Waals surface area contributed by atoms with E-state index >= 15 is 0 Å². The van der Waals surface area contributed by atoms with Gasteiger partial charge in [0.15, 0.2) is 0 Å². The van der Waals surface area contributed by atoms with Gasteiger partial charge < -0.3 is 0 Å². The summed E-state index contributed by atoms with van der Waals surface area (Å²) in [5.74, 6) is -0.469. The van der Waals surface area contributed by atoms with Gasteiger partial charge in [-0.05, 0) is 0 Å². The Labute approximate surface area is 162 Å². The van der Waals surface area contributed by atoms with Gasteiger partial charge in [0.05, 0.1) is 0 Å². The van der Waals surface area contributed by atoms with Gasteiger partial charge in [0, 0.05) is 0 Å². The maximum atomic E-state index is 12.4. The number of rotatable bonds is 4. The van der Waals surface area contributed by atoms with Crippen molar-refractivity contribution in [2.75, 3.05) is 10.6 Å². The van der Waals surface area contributed by atoms with Crippen LogP contribution in [0, 0.1) is 13.8 Å². The van der Waals surface area contributed by atoms with Crippen LogP contribution < -0.4 is 10.6 Å². The van der Waals surface area contributed by atoms with Crippen molar-refractivity contribution in [3.8, 4) is 0 Å². The van der Waals surface area contributed by atoms with E-state index in [1.807, 2.05) is 32.0 Å². The topological polar surface area (TPSA) is 71.1 Å². The van der Waals surface area contributed by atoms with Gasteiger partial charge in [-0.1, -0.05) is 0 Å². The molecule has 3 rings (SSSR count). The molecule has 3 aromatic rings. The molecule has 2 N–H and O–H groups in total. The third kappa shape index (κ3) is 4.41. The van der Waals surface area contributed by atoms with Crippen LogP contribution in [0.3, 0.4) is 0 Å². The van der Waals surface area contributed by atoms with E-state index in [0.717, 1.165) is 16.8 Å². The molecule has 0 saturated heterocycles. The fourth-order valence-electron chi connectivity index (χ4n) is 2.35. The number of carbonyl (C=O) groups is 2. The van der Waals surface area contributed by atoms with Crippen molar-refractivity contribution in [3.05, 3.63) is 74.8 Å². The number of nitrogens with zero attached hydrogens (tertiary/aromatic N) is 1. The molecule has 0 bridgehead atoms. The Morgan fingerprint density at radius 2 is 1.73 bits per heavy atom. The molecule has 26 heavy (non-hydrogen) atoms. The molecule has 0 spiro atoms. The Balaban J connectivity index is 1.68. The van der Waals surface area contributed by atoms with E-state index in [1.165, 1.54) is 6.20 Å². The van der Waals surface area contributed by atoms with Crippen LogP contribution in [0.2, 0.25) is 5.02 Å². The number of nitrogens with one attached hydrogen (secondary N) is 2. The molecule has 0 fully saturated rings. The van der Waals surface area contributed by atoms with Crippen LogP contribution in [0.15, 0.2) is 48.7 Å². The number of hydrogen-bond donors (Lipinski definition) is 2. The minimum atomic E-state index is -0.356. The van der Waals surface area contributed by atoms with Crippen LogP contribution >= 0.6 is 11.6 Å². The number of amides is 2. The summed E-state index contributed by atoms with van der Waals surface area (Å²) in [6, 6.07) is 12.4. The summed E-state index contributed by atoms with van der Waals surface area (Å²) in [5, 5.41) is 6.21. The molecule has 2 amide bonds. The molecule has 0 unspecified atom stereocenters. The summed E-state index contributed by atoms with van der Waals surface area (Å²) in [6.45, 7) is 3.95. The molecule has 2 aromatic carbocycles. The number of halogens is 1. The van der Waals surface area contributed by atoms with Crippen molar-refractivity contribution in [1.29, 1.82) is 0 Å². The van der Waals surface area contributed by atoms with Gasteiger partial charge in [0.2, 0.25) is 0 Å². The third-order valence-corrected chi connectivity index (χ3v) is 5.85. The van der Waals surface area contributed by atoms with Crippen LogP contribution in [0.1, 0.15) is 30.7 Å². The summed E-state index contributed by atoms with van der Waals surface area (Å²) < 4.78 is 1.06. The molecule has 7 heteroatoms. The summed E-state index contributed by atoms with van der Waals surface area (Å²) in [4.78, 5) is 28.8. The van der Waals surface area contributed by atoms with E-state index < -0.39 is 0 Å². The van der Waals surface area contributed by atoms with Crippen LogP contribution in [0.5, 0.6) is 0 Å². The average molecular weight is 433 g/mol. The van der Waals surface area contributed by atoms with Crippen molar-refractivity contribution in [3.63, 3.8) is 0 Å². The van der Waals surface area contributed by atoms with Crippen molar-refractivity contribution < 1.29 is 9.59 Å². The molecule has 0 aliphatic carbocycles. The number of hydrogen-bond acceptors (Lipinski definition) is 3. The molecule has 0 saturated carbocycles. The zero-order valence-corrected chi connectivity index (χ0v) is 16.6. The molecule has 0 aliphatic heterocycles. The first-order chi connectivity index (χ1) is 12.4. The van der Waals surface area contributed by atoms with Crippen LogP contribution in [-0.2, 0) is 0 Å². The number of aryl methyl sites for hydroxylation is 2. The second kappa shape index (κ2) is 7.87. The monoisotopic (exact) mass is 433 g/mol. The van der Waals surface area contributed by atoms with Gasteiger partial charge in [-0.2, -0.15) is 0 Å². The van der Waals surface area contributed by atoms with Gasteiger partial charge in [-0.25, -0.2) is 0 Å². The van der Waals surface area contributed by atoms with Gasteiger partial charge in [0.25, 0.3) is 0 Å². The molecule has 0 radical (unpaired) electrons. The molecule has 5 nitrogen and oxygen atoms in total. The van der Waals surface area contributed by atoms with E-state index in [1.54, 1.807) is 24.3 Å². The van der Waals surface area contributed by atoms with Crippen LogP contribution in [-0.4, -0.2) is 31.3 Å². The fourth-order valence-corrected chi connectivity index (χ4v) is 3.95. The van der Waals surface area contributed by atoms with E-state index in [2.05, 4.69) is 15.6 Å². The second-order valence-electron chi connectivity index (χ2n) is 5.76.